The van der Waals surface area contributed by atoms with Gasteiger partial charge in [0.25, 0.3) is 5.91 Å². The lowest BCUT2D eigenvalue weighted by Crippen LogP contribution is -2.13. The second kappa shape index (κ2) is 6.64. The van der Waals surface area contributed by atoms with E-state index in [0.29, 0.717) is 11.5 Å². The third kappa shape index (κ3) is 3.17. The predicted molar refractivity (Wildman–Crippen MR) is 102 cm³/mol. The average molecular weight is 361 g/mol. The summed E-state index contributed by atoms with van der Waals surface area (Å²) in [5, 5.41) is 11.7. The molecule has 4 rings (SSSR count). The van der Waals surface area contributed by atoms with E-state index in [1.807, 2.05) is 43.8 Å². The van der Waals surface area contributed by atoms with E-state index >= 15 is 0 Å². The molecular formula is C19H19N7O. The molecule has 0 aliphatic heterocycles. The van der Waals surface area contributed by atoms with Gasteiger partial charge in [-0.05, 0) is 44.5 Å². The lowest BCUT2D eigenvalue weighted by atomic mass is 10.2. The highest BCUT2D eigenvalue weighted by atomic mass is 16.2. The number of nitrogens with one attached hydrogen (secondary N) is 1. The molecule has 0 spiro atoms. The molecule has 1 amide bonds. The molecule has 4 aromatic rings. The fourth-order valence-corrected chi connectivity index (χ4v) is 2.93. The molecule has 4 aromatic heterocycles. The standard InChI is InChI=1S/C19H19N7O/c1-4-25-11-14(13(3)23-25)16-6-8-21-18-10-15(24-26(16)18)19(27)22-17-9-12(2)5-7-20-17/h5-11H,4H2,1-3H3,(H,20,22,27). The summed E-state index contributed by atoms with van der Waals surface area (Å²) in [7, 11) is 0. The number of rotatable bonds is 4. The van der Waals surface area contributed by atoms with Gasteiger partial charge < -0.3 is 5.32 Å². The quantitative estimate of drug-likeness (QED) is 0.604. The van der Waals surface area contributed by atoms with E-state index in [0.717, 1.165) is 29.1 Å². The minimum atomic E-state index is -0.328. The fraction of sp³-hybridized carbons (Fsp3) is 0.211. The van der Waals surface area contributed by atoms with Crippen LogP contribution in [0.15, 0.2) is 42.9 Å². The molecule has 0 saturated carbocycles. The van der Waals surface area contributed by atoms with Gasteiger partial charge in [-0.25, -0.2) is 14.5 Å². The second-order valence-electron chi connectivity index (χ2n) is 6.29. The van der Waals surface area contributed by atoms with Crippen LogP contribution in [0.4, 0.5) is 5.82 Å². The average Bonchev–Trinajstić information content (AvgIpc) is 3.25. The number of nitrogens with zero attached hydrogens (tertiary/aromatic N) is 6. The number of carbonyl (C=O) groups excluding carboxylic acids is 1. The maximum atomic E-state index is 12.6. The Morgan fingerprint density at radius 2 is 1.93 bits per heavy atom. The van der Waals surface area contributed by atoms with Gasteiger partial charge in [0.05, 0.1) is 11.4 Å². The van der Waals surface area contributed by atoms with Gasteiger partial charge in [-0.1, -0.05) is 0 Å². The number of amides is 1. The Labute approximate surface area is 155 Å². The van der Waals surface area contributed by atoms with Gasteiger partial charge in [0.1, 0.15) is 5.82 Å². The second-order valence-corrected chi connectivity index (χ2v) is 6.29. The molecule has 0 unspecified atom stereocenters. The molecule has 8 nitrogen and oxygen atoms in total. The fourth-order valence-electron chi connectivity index (χ4n) is 2.93. The van der Waals surface area contributed by atoms with E-state index in [1.165, 1.54) is 0 Å². The number of aryl methyl sites for hydroxylation is 3. The van der Waals surface area contributed by atoms with E-state index in [1.54, 1.807) is 29.0 Å². The first-order valence-corrected chi connectivity index (χ1v) is 8.68. The van der Waals surface area contributed by atoms with Gasteiger partial charge in [0, 0.05) is 36.8 Å². The SMILES string of the molecule is CCn1cc(-c2ccnc3cc(C(=O)Nc4cc(C)ccn4)nn23)c(C)n1. The summed E-state index contributed by atoms with van der Waals surface area (Å²) in [6, 6.07) is 7.21. The predicted octanol–water partition coefficient (Wildman–Crippen LogP) is 2.88. The lowest BCUT2D eigenvalue weighted by molar-refractivity contribution is 0.102. The van der Waals surface area contributed by atoms with Gasteiger partial charge in [-0.3, -0.25) is 9.48 Å². The topological polar surface area (TPSA) is 90.0 Å². The van der Waals surface area contributed by atoms with Gasteiger partial charge >= 0.3 is 0 Å². The van der Waals surface area contributed by atoms with Crippen molar-refractivity contribution in [3.8, 4) is 11.3 Å². The van der Waals surface area contributed by atoms with Gasteiger partial charge in [0.2, 0.25) is 0 Å². The Morgan fingerprint density at radius 1 is 1.11 bits per heavy atom. The highest BCUT2D eigenvalue weighted by Crippen LogP contribution is 2.23. The van der Waals surface area contributed by atoms with Crippen molar-refractivity contribution in [3.63, 3.8) is 0 Å². The molecule has 0 aliphatic rings. The lowest BCUT2D eigenvalue weighted by Gasteiger charge is -2.03. The Balaban J connectivity index is 1.72. The molecule has 0 fully saturated rings. The number of fused-ring (bicyclic) bond motifs is 1. The van der Waals surface area contributed by atoms with Crippen molar-refractivity contribution < 1.29 is 4.79 Å². The summed E-state index contributed by atoms with van der Waals surface area (Å²) in [5.74, 6) is 0.163. The largest absolute Gasteiger partial charge is 0.305 e. The summed E-state index contributed by atoms with van der Waals surface area (Å²) < 4.78 is 3.54. The van der Waals surface area contributed by atoms with Crippen LogP contribution < -0.4 is 5.32 Å². The van der Waals surface area contributed by atoms with Crippen LogP contribution in [0.3, 0.4) is 0 Å². The third-order valence-electron chi connectivity index (χ3n) is 4.29. The Hall–Kier alpha value is -3.55. The molecule has 0 bridgehead atoms. The molecule has 0 aromatic carbocycles. The van der Waals surface area contributed by atoms with E-state index in [-0.39, 0.29) is 11.6 Å². The van der Waals surface area contributed by atoms with E-state index in [9.17, 15) is 4.79 Å². The van der Waals surface area contributed by atoms with E-state index in [4.69, 9.17) is 0 Å². The van der Waals surface area contributed by atoms with Crippen molar-refractivity contribution in [2.24, 2.45) is 0 Å². The van der Waals surface area contributed by atoms with E-state index in [2.05, 4.69) is 25.5 Å². The molecule has 0 aliphatic carbocycles. The van der Waals surface area contributed by atoms with Crippen LogP contribution in [0, 0.1) is 13.8 Å². The summed E-state index contributed by atoms with van der Waals surface area (Å²) >= 11 is 0. The van der Waals surface area contributed by atoms with Crippen LogP contribution in [0.1, 0.15) is 28.7 Å². The van der Waals surface area contributed by atoms with Crippen LogP contribution >= 0.6 is 0 Å². The Morgan fingerprint density at radius 3 is 2.67 bits per heavy atom. The summed E-state index contributed by atoms with van der Waals surface area (Å²) in [6.45, 7) is 6.71. The zero-order valence-corrected chi connectivity index (χ0v) is 15.3. The molecule has 136 valence electrons. The first-order chi connectivity index (χ1) is 13.0. The minimum Gasteiger partial charge on any atom is -0.305 e. The molecule has 0 atom stereocenters. The summed E-state index contributed by atoms with van der Waals surface area (Å²) in [4.78, 5) is 21.1. The molecule has 0 radical (unpaired) electrons. The van der Waals surface area contributed by atoms with E-state index < -0.39 is 0 Å². The van der Waals surface area contributed by atoms with Crippen molar-refractivity contribution in [1.82, 2.24) is 29.4 Å². The minimum absolute atomic E-state index is 0.277. The molecule has 4 heterocycles. The monoisotopic (exact) mass is 361 g/mol. The zero-order valence-electron chi connectivity index (χ0n) is 15.3. The first kappa shape index (κ1) is 16.9. The van der Waals surface area contributed by atoms with Gasteiger partial charge in [0.15, 0.2) is 11.3 Å². The number of carbonyl (C=O) groups is 1. The highest BCUT2D eigenvalue weighted by molar-refractivity contribution is 6.03. The van der Waals surface area contributed by atoms with Crippen molar-refractivity contribution in [1.29, 1.82) is 0 Å². The Kier molecular flexibility index (Phi) is 4.15. The zero-order chi connectivity index (χ0) is 19.0. The number of hydrogen-bond acceptors (Lipinski definition) is 5. The van der Waals surface area contributed by atoms with Gasteiger partial charge in [-0.2, -0.15) is 10.2 Å². The number of aromatic nitrogens is 6. The van der Waals surface area contributed by atoms with Crippen LogP contribution in [0.2, 0.25) is 0 Å². The molecule has 0 saturated heterocycles. The van der Waals surface area contributed by atoms with Crippen molar-refractivity contribution in [2.75, 3.05) is 5.32 Å². The number of hydrogen-bond donors (Lipinski definition) is 1. The van der Waals surface area contributed by atoms with Crippen LogP contribution in [0.5, 0.6) is 0 Å². The maximum absolute atomic E-state index is 12.6. The van der Waals surface area contributed by atoms with Crippen molar-refractivity contribution in [2.45, 2.75) is 27.3 Å². The number of anilines is 1. The van der Waals surface area contributed by atoms with Crippen molar-refractivity contribution in [3.05, 3.63) is 59.8 Å². The molecular weight excluding hydrogens is 342 g/mol. The van der Waals surface area contributed by atoms with Crippen LogP contribution in [-0.2, 0) is 6.54 Å². The maximum Gasteiger partial charge on any atom is 0.277 e. The molecule has 1 N–H and O–H groups in total. The number of pyridine rings is 1. The Bertz CT molecular complexity index is 1140. The highest BCUT2D eigenvalue weighted by Gasteiger charge is 2.16. The summed E-state index contributed by atoms with van der Waals surface area (Å²) in [5.41, 5.74) is 4.58. The summed E-state index contributed by atoms with van der Waals surface area (Å²) in [6.07, 6.45) is 5.34. The van der Waals surface area contributed by atoms with Crippen LogP contribution in [-0.4, -0.2) is 35.3 Å². The van der Waals surface area contributed by atoms with Gasteiger partial charge in [-0.15, -0.1) is 0 Å². The first-order valence-electron chi connectivity index (χ1n) is 8.68. The normalized spacial score (nSPS) is 11.1. The van der Waals surface area contributed by atoms with Crippen LogP contribution in [0.25, 0.3) is 16.9 Å². The smallest absolute Gasteiger partial charge is 0.277 e. The molecule has 8 heteroatoms. The van der Waals surface area contributed by atoms with Crippen molar-refractivity contribution >= 4 is 17.4 Å². The third-order valence-corrected chi connectivity index (χ3v) is 4.29. The molecule has 27 heavy (non-hydrogen) atoms.